The number of rotatable bonds is 10. The number of carbonyl (C=O) groups is 2. The molecule has 23 nitrogen and oxygen atoms in total. The summed E-state index contributed by atoms with van der Waals surface area (Å²) in [5.74, 6) is -20.9. The van der Waals surface area contributed by atoms with Crippen molar-refractivity contribution in [2.75, 3.05) is 12.4 Å². The van der Waals surface area contributed by atoms with E-state index in [4.69, 9.17) is 18.9 Å². The van der Waals surface area contributed by atoms with Crippen molar-refractivity contribution in [1.29, 1.82) is 0 Å². The Labute approximate surface area is 395 Å². The summed E-state index contributed by atoms with van der Waals surface area (Å²) in [6, 6.07) is 8.82. The van der Waals surface area contributed by atoms with Gasteiger partial charge < -0.3 is 106 Å². The summed E-state index contributed by atoms with van der Waals surface area (Å²) >= 11 is 0.783. The zero-order valence-corrected chi connectivity index (χ0v) is 36.0. The van der Waals surface area contributed by atoms with Crippen molar-refractivity contribution < 1.29 is 115 Å². The molecule has 17 N–H and O–H groups in total. The maximum absolute atomic E-state index is 14.2. The summed E-state index contributed by atoms with van der Waals surface area (Å²) in [5, 5.41) is 180. The average molecular weight is 991 g/mol. The van der Waals surface area contributed by atoms with Crippen molar-refractivity contribution in [2.45, 2.75) is 35.6 Å². The number of esters is 2. The molecule has 0 spiro atoms. The molecule has 8 rings (SSSR count). The van der Waals surface area contributed by atoms with Crippen LogP contribution >= 0.6 is 11.8 Å². The highest BCUT2D eigenvalue weighted by atomic mass is 32.2. The minimum absolute atomic E-state index is 0.226. The Balaban J connectivity index is 1.42. The highest BCUT2D eigenvalue weighted by Gasteiger charge is 2.52. The van der Waals surface area contributed by atoms with Crippen LogP contribution in [-0.2, 0) is 9.47 Å². The molecule has 6 aromatic rings. The smallest absolute Gasteiger partial charge is 0.338 e. The van der Waals surface area contributed by atoms with Gasteiger partial charge in [0.1, 0.15) is 34.5 Å². The van der Waals surface area contributed by atoms with E-state index in [2.05, 4.69) is 0 Å². The predicted octanol–water partition coefficient (Wildman–Crippen LogP) is 4.59. The number of thioether (sulfide) groups is 1. The van der Waals surface area contributed by atoms with Gasteiger partial charge in [-0.25, -0.2) is 9.59 Å². The Morgan fingerprint density at radius 2 is 0.857 bits per heavy atom. The van der Waals surface area contributed by atoms with Crippen LogP contribution in [0.15, 0.2) is 66.7 Å². The first-order valence-corrected chi connectivity index (χ1v) is 21.3. The monoisotopic (exact) mass is 990 g/mol. The second-order valence-electron chi connectivity index (χ2n) is 15.8. The Bertz CT molecular complexity index is 3030. The molecule has 2 aliphatic heterocycles. The van der Waals surface area contributed by atoms with Crippen LogP contribution in [0.4, 0.5) is 0 Å². The minimum atomic E-state index is -2.06. The van der Waals surface area contributed by atoms with Crippen LogP contribution in [-0.4, -0.2) is 123 Å². The number of benzene rings is 6. The van der Waals surface area contributed by atoms with Crippen molar-refractivity contribution in [3.8, 4) is 103 Å². The third-order valence-corrected chi connectivity index (χ3v) is 12.7. The molecule has 366 valence electrons. The first-order valence-electron chi connectivity index (χ1n) is 20.2. The molecule has 0 radical (unpaired) electrons. The molecule has 2 aliphatic rings. The van der Waals surface area contributed by atoms with Crippen molar-refractivity contribution >= 4 is 23.7 Å². The lowest BCUT2D eigenvalue weighted by molar-refractivity contribution is -0.0307. The molecule has 0 aromatic heterocycles. The van der Waals surface area contributed by atoms with Crippen LogP contribution in [0.2, 0.25) is 0 Å². The number of hydrogen-bond acceptors (Lipinski definition) is 24. The fourth-order valence-corrected chi connectivity index (χ4v) is 9.42. The molecule has 24 heteroatoms. The topological polar surface area (TPSA) is 415 Å². The Morgan fingerprint density at radius 3 is 1.31 bits per heavy atom. The lowest BCUT2D eigenvalue weighted by Crippen LogP contribution is -2.41. The summed E-state index contributed by atoms with van der Waals surface area (Å²) < 4.78 is 24.7. The first-order chi connectivity index (χ1) is 33.1. The van der Waals surface area contributed by atoms with Crippen LogP contribution < -0.4 is 9.47 Å². The van der Waals surface area contributed by atoms with Crippen LogP contribution in [0.5, 0.6) is 103 Å². The van der Waals surface area contributed by atoms with Gasteiger partial charge in [-0.3, -0.25) is 0 Å². The van der Waals surface area contributed by atoms with Crippen LogP contribution in [0.3, 0.4) is 0 Å². The van der Waals surface area contributed by atoms with Gasteiger partial charge in [0, 0.05) is 46.2 Å². The molecule has 6 atom stereocenters. The molecule has 0 saturated heterocycles. The van der Waals surface area contributed by atoms with Gasteiger partial charge in [0.2, 0.25) is 0 Å². The molecule has 0 bridgehead atoms. The number of fused-ring (bicyclic) bond motifs is 2. The van der Waals surface area contributed by atoms with Gasteiger partial charge in [-0.05, 0) is 48.5 Å². The Kier molecular flexibility index (Phi) is 12.1. The lowest BCUT2D eigenvalue weighted by Gasteiger charge is -2.43. The van der Waals surface area contributed by atoms with E-state index >= 15 is 0 Å². The summed E-state index contributed by atoms with van der Waals surface area (Å²) in [5.41, 5.74) is -3.15. The molecule has 70 heavy (non-hydrogen) atoms. The molecule has 0 amide bonds. The van der Waals surface area contributed by atoms with Gasteiger partial charge in [0.15, 0.2) is 93.4 Å². The Morgan fingerprint density at radius 1 is 0.457 bits per heavy atom. The quantitative estimate of drug-likeness (QED) is 0.0659. The maximum atomic E-state index is 14.2. The number of phenols is 16. The SMILES string of the molecule is O=C(O[C@@H]1[C@@H](c2c(O)cc(O)c3c2O[C@H](c2cc(O)c(O)c(O)c2)[C@H](OC(=O)c2cc(O)c(O)c(O)c2)[C@H]3SCCO)c2c(O)cc(O)cc2O[C@@H]1c1cc(O)c(O)c(O)c1)c1cc(O)c(O)c(O)c1. The third kappa shape index (κ3) is 8.25. The highest BCUT2D eigenvalue weighted by Crippen LogP contribution is 2.62. The van der Waals surface area contributed by atoms with Crippen LogP contribution in [0, 0.1) is 0 Å². The van der Waals surface area contributed by atoms with Gasteiger partial charge in [-0.15, -0.1) is 11.8 Å². The van der Waals surface area contributed by atoms with E-state index in [-0.39, 0.29) is 22.4 Å². The normalized spacial score (nSPS) is 19.2. The van der Waals surface area contributed by atoms with Crippen molar-refractivity contribution in [1.82, 2.24) is 0 Å². The van der Waals surface area contributed by atoms with Gasteiger partial charge in [-0.1, -0.05) is 0 Å². The van der Waals surface area contributed by atoms with Crippen LogP contribution in [0.25, 0.3) is 0 Å². The van der Waals surface area contributed by atoms with E-state index in [0.717, 1.165) is 66.4 Å². The number of aliphatic hydroxyl groups is 1. The second-order valence-corrected chi connectivity index (χ2v) is 17.0. The van der Waals surface area contributed by atoms with E-state index in [1.807, 2.05) is 0 Å². The summed E-state index contributed by atoms with van der Waals surface area (Å²) in [7, 11) is 0. The fourth-order valence-electron chi connectivity index (χ4n) is 8.27. The molecule has 0 aliphatic carbocycles. The largest absolute Gasteiger partial charge is 0.508 e. The van der Waals surface area contributed by atoms with E-state index in [0.29, 0.717) is 12.1 Å². The summed E-state index contributed by atoms with van der Waals surface area (Å²) in [4.78, 5) is 28.2. The molecule has 0 fully saturated rings. The van der Waals surface area contributed by atoms with E-state index in [1.54, 1.807) is 0 Å². The standard InChI is InChI=1S/C46H38O23S/c47-1-2-70-44-33-21(51)13-20(50)32(41(33)67-40(15-5-24(54)36(61)25(55)6-15)43(44)69-46(65)17-9-28(58)38(63)29(59)10-17)34-31-19(49)11-18(48)12-30(31)66-39(14-3-22(52)35(60)23(53)4-14)42(34)68-45(64)16-7-26(56)37(62)27(57)8-16/h3-13,34,39-40,42-44,47-63H,1-2H2/t34-,39-,40-,42-,43+,44+/m1/s1. The number of ether oxygens (including phenoxy) is 4. The molecule has 6 aromatic carbocycles. The predicted molar refractivity (Wildman–Crippen MR) is 235 cm³/mol. The van der Waals surface area contributed by atoms with Gasteiger partial charge in [0.05, 0.1) is 34.5 Å². The first kappa shape index (κ1) is 47.5. The number of carbonyl (C=O) groups excluding carboxylic acids is 2. The Hall–Kier alpha value is -9.03. The molecular weight excluding hydrogens is 953 g/mol. The van der Waals surface area contributed by atoms with Crippen molar-refractivity contribution in [3.63, 3.8) is 0 Å². The molecular formula is C46H38O23S. The van der Waals surface area contributed by atoms with Gasteiger partial charge in [-0.2, -0.15) is 0 Å². The summed E-state index contributed by atoms with van der Waals surface area (Å²) in [6.45, 7) is -0.575. The zero-order valence-electron chi connectivity index (χ0n) is 35.2. The molecule has 2 heterocycles. The van der Waals surface area contributed by atoms with E-state index in [9.17, 15) is 96.4 Å². The molecule has 0 saturated carbocycles. The van der Waals surface area contributed by atoms with E-state index in [1.165, 1.54) is 0 Å². The number of hydrogen-bond donors (Lipinski definition) is 17. The lowest BCUT2D eigenvalue weighted by atomic mass is 9.77. The number of phenolic OH excluding ortho intramolecular Hbond substituents is 16. The zero-order chi connectivity index (χ0) is 50.8. The van der Waals surface area contributed by atoms with Gasteiger partial charge >= 0.3 is 11.9 Å². The number of aliphatic hydroxyl groups excluding tert-OH is 1. The van der Waals surface area contributed by atoms with Crippen molar-refractivity contribution in [2.24, 2.45) is 0 Å². The van der Waals surface area contributed by atoms with Gasteiger partial charge in [0.25, 0.3) is 0 Å². The van der Waals surface area contributed by atoms with E-state index < -0.39 is 180 Å². The van der Waals surface area contributed by atoms with Crippen LogP contribution in [0.1, 0.15) is 71.9 Å². The fraction of sp³-hybridized carbons (Fsp3) is 0.174. The van der Waals surface area contributed by atoms with Crippen molar-refractivity contribution in [3.05, 3.63) is 106 Å². The molecule has 0 unspecified atom stereocenters. The summed E-state index contributed by atoms with van der Waals surface area (Å²) in [6.07, 6.45) is -7.58. The third-order valence-electron chi connectivity index (χ3n) is 11.4. The highest BCUT2D eigenvalue weighted by molar-refractivity contribution is 7.99. The second kappa shape index (κ2) is 17.9. The average Bonchev–Trinajstić information content (AvgIpc) is 3.29. The number of aromatic hydroxyl groups is 16. The minimum Gasteiger partial charge on any atom is -0.508 e. The maximum Gasteiger partial charge on any atom is 0.338 e.